The summed E-state index contributed by atoms with van der Waals surface area (Å²) in [6.07, 6.45) is 5.49. The first-order valence-corrected chi connectivity index (χ1v) is 11.0. The third kappa shape index (κ3) is 4.14. The van der Waals surface area contributed by atoms with Crippen molar-refractivity contribution in [3.63, 3.8) is 0 Å². The van der Waals surface area contributed by atoms with Gasteiger partial charge >= 0.3 is 0 Å². The molecule has 0 saturated carbocycles. The minimum absolute atomic E-state index is 0.188. The van der Waals surface area contributed by atoms with Crippen molar-refractivity contribution in [1.29, 1.82) is 0 Å². The van der Waals surface area contributed by atoms with Crippen LogP contribution in [0.4, 0.5) is 4.39 Å². The topological polar surface area (TPSA) is 38.3 Å². The minimum Gasteiger partial charge on any atom is -0.376 e. The highest BCUT2D eigenvalue weighted by Gasteiger charge is 2.42. The van der Waals surface area contributed by atoms with Gasteiger partial charge in [0, 0.05) is 11.9 Å². The molecule has 122 valence electrons. The van der Waals surface area contributed by atoms with Crippen molar-refractivity contribution in [2.45, 2.75) is 35.7 Å². The van der Waals surface area contributed by atoms with Crippen molar-refractivity contribution in [2.24, 2.45) is 0 Å². The zero-order valence-electron chi connectivity index (χ0n) is 12.9. The second-order valence-electron chi connectivity index (χ2n) is 6.07. The zero-order valence-corrected chi connectivity index (χ0v) is 14.6. The molecule has 0 bridgehead atoms. The maximum absolute atomic E-state index is 13.8. The summed E-state index contributed by atoms with van der Waals surface area (Å²) >= 11 is 0. The molecule has 3 atom stereocenters. The molecular weight excluding hydrogens is 320 g/mol. The second kappa shape index (κ2) is 7.48. The van der Waals surface area contributed by atoms with Gasteiger partial charge in [0.05, 0.1) is 28.9 Å². The van der Waals surface area contributed by atoms with E-state index in [1.165, 1.54) is 44.4 Å². The van der Waals surface area contributed by atoms with Crippen LogP contribution in [0.5, 0.6) is 0 Å². The Balaban J connectivity index is 1.42. The van der Waals surface area contributed by atoms with Gasteiger partial charge in [-0.2, -0.15) is 0 Å². The van der Waals surface area contributed by atoms with Crippen molar-refractivity contribution in [1.82, 2.24) is 5.32 Å². The molecule has 3 nitrogen and oxygen atoms in total. The van der Waals surface area contributed by atoms with Gasteiger partial charge in [0.25, 0.3) is 0 Å². The molecular formula is C16H23FNO2PS. The SMILES string of the molecule is CS(=O)c1ccc(COCC2CP2C2CCNCC2)cc1F. The Hall–Kier alpha value is -0.350. The third-order valence-corrected chi connectivity index (χ3v) is 8.49. The van der Waals surface area contributed by atoms with Gasteiger partial charge in [0.1, 0.15) is 5.82 Å². The van der Waals surface area contributed by atoms with Crippen LogP contribution in [0.2, 0.25) is 0 Å². The van der Waals surface area contributed by atoms with Gasteiger partial charge in [-0.3, -0.25) is 4.21 Å². The van der Waals surface area contributed by atoms with E-state index in [4.69, 9.17) is 4.74 Å². The molecule has 2 fully saturated rings. The van der Waals surface area contributed by atoms with E-state index in [9.17, 15) is 8.60 Å². The van der Waals surface area contributed by atoms with Crippen LogP contribution < -0.4 is 5.32 Å². The number of hydrogen-bond acceptors (Lipinski definition) is 3. The lowest BCUT2D eigenvalue weighted by Gasteiger charge is -2.22. The molecule has 3 unspecified atom stereocenters. The maximum Gasteiger partial charge on any atom is 0.139 e. The van der Waals surface area contributed by atoms with Gasteiger partial charge in [0.15, 0.2) is 0 Å². The predicted molar refractivity (Wildman–Crippen MR) is 89.9 cm³/mol. The molecule has 0 spiro atoms. The molecule has 2 aliphatic rings. The number of rotatable bonds is 6. The Labute approximate surface area is 135 Å². The summed E-state index contributed by atoms with van der Waals surface area (Å²) in [6, 6.07) is 4.85. The van der Waals surface area contributed by atoms with Crippen LogP contribution in [0.15, 0.2) is 23.1 Å². The summed E-state index contributed by atoms with van der Waals surface area (Å²) in [4.78, 5) is 0.264. The van der Waals surface area contributed by atoms with E-state index in [1.807, 2.05) is 6.07 Å². The Kier molecular flexibility index (Phi) is 5.61. The first kappa shape index (κ1) is 16.5. The van der Waals surface area contributed by atoms with E-state index in [-0.39, 0.29) is 12.8 Å². The third-order valence-electron chi connectivity index (χ3n) is 4.42. The van der Waals surface area contributed by atoms with Crippen molar-refractivity contribution in [2.75, 3.05) is 32.1 Å². The molecule has 22 heavy (non-hydrogen) atoms. The summed E-state index contributed by atoms with van der Waals surface area (Å²) in [5.74, 6) is -0.398. The van der Waals surface area contributed by atoms with Gasteiger partial charge in [-0.15, -0.1) is 0 Å². The standard InChI is InChI=1S/C16H23FNO2PS/c1-22(19)16-3-2-12(8-15(16)17)9-20-10-14-11-21(14)13-4-6-18-7-5-13/h2-3,8,13-14,18H,4-7,9-11H2,1H3. The molecule has 3 rings (SSSR count). The maximum atomic E-state index is 13.8. The normalized spacial score (nSPS) is 26.8. The van der Waals surface area contributed by atoms with Gasteiger partial charge in [-0.1, -0.05) is 14.0 Å². The van der Waals surface area contributed by atoms with E-state index >= 15 is 0 Å². The minimum atomic E-state index is -1.28. The molecule has 0 amide bonds. The predicted octanol–water partition coefficient (Wildman–Crippen LogP) is 2.70. The number of halogens is 1. The summed E-state index contributed by atoms with van der Waals surface area (Å²) in [6.45, 7) is 3.58. The van der Waals surface area contributed by atoms with Crippen LogP contribution in [-0.2, 0) is 22.1 Å². The van der Waals surface area contributed by atoms with E-state index in [0.29, 0.717) is 6.61 Å². The number of benzene rings is 1. The number of piperidine rings is 1. The Bertz CT molecular complexity index is 551. The summed E-state index contributed by atoms with van der Waals surface area (Å²) in [5.41, 5.74) is 2.50. The lowest BCUT2D eigenvalue weighted by Crippen LogP contribution is -2.29. The Morgan fingerprint density at radius 1 is 1.41 bits per heavy atom. The average Bonchev–Trinajstić information content (AvgIpc) is 3.27. The van der Waals surface area contributed by atoms with E-state index in [1.54, 1.807) is 6.07 Å². The lowest BCUT2D eigenvalue weighted by molar-refractivity contribution is 0.128. The van der Waals surface area contributed by atoms with Crippen molar-refractivity contribution in [3.05, 3.63) is 29.6 Å². The monoisotopic (exact) mass is 343 g/mol. The first-order chi connectivity index (χ1) is 10.6. The van der Waals surface area contributed by atoms with E-state index in [2.05, 4.69) is 5.32 Å². The molecule has 2 aliphatic heterocycles. The fourth-order valence-electron chi connectivity index (χ4n) is 3.11. The van der Waals surface area contributed by atoms with Gasteiger partial charge in [0.2, 0.25) is 0 Å². The quantitative estimate of drug-likeness (QED) is 0.807. The summed E-state index contributed by atoms with van der Waals surface area (Å²) < 4.78 is 30.8. The van der Waals surface area contributed by atoms with E-state index in [0.717, 1.165) is 23.5 Å². The van der Waals surface area contributed by atoms with Crippen LogP contribution in [0.3, 0.4) is 0 Å². The molecule has 2 saturated heterocycles. The van der Waals surface area contributed by atoms with Crippen LogP contribution in [-0.4, -0.2) is 47.6 Å². The summed E-state index contributed by atoms with van der Waals surface area (Å²) in [5, 5.41) is 3.42. The number of nitrogens with one attached hydrogen (secondary N) is 1. The van der Waals surface area contributed by atoms with Gasteiger partial charge < -0.3 is 10.1 Å². The van der Waals surface area contributed by atoms with Crippen molar-refractivity contribution >= 4 is 18.7 Å². The zero-order chi connectivity index (χ0) is 15.5. The highest BCUT2D eigenvalue weighted by Crippen LogP contribution is 2.64. The summed E-state index contributed by atoms with van der Waals surface area (Å²) in [7, 11) is -1.09. The van der Waals surface area contributed by atoms with Gasteiger partial charge in [-0.25, -0.2) is 4.39 Å². The van der Waals surface area contributed by atoms with Crippen LogP contribution in [0, 0.1) is 5.82 Å². The number of hydrogen-bond donors (Lipinski definition) is 1. The van der Waals surface area contributed by atoms with Gasteiger partial charge in [-0.05, 0) is 55.4 Å². The lowest BCUT2D eigenvalue weighted by atomic mass is 10.2. The fraction of sp³-hybridized carbons (Fsp3) is 0.625. The molecule has 6 heteroatoms. The highest BCUT2D eigenvalue weighted by molar-refractivity contribution is 7.84. The van der Waals surface area contributed by atoms with Crippen LogP contribution in [0.25, 0.3) is 0 Å². The first-order valence-electron chi connectivity index (χ1n) is 7.81. The second-order valence-corrected chi connectivity index (χ2v) is 10.3. The average molecular weight is 343 g/mol. The van der Waals surface area contributed by atoms with Crippen LogP contribution >= 0.6 is 7.92 Å². The molecule has 2 heterocycles. The molecule has 1 aromatic carbocycles. The molecule has 0 aromatic heterocycles. The Morgan fingerprint density at radius 3 is 2.86 bits per heavy atom. The number of ether oxygens (including phenoxy) is 1. The van der Waals surface area contributed by atoms with Crippen molar-refractivity contribution in [3.8, 4) is 0 Å². The highest BCUT2D eigenvalue weighted by atomic mass is 32.2. The smallest absolute Gasteiger partial charge is 0.139 e. The molecule has 0 aliphatic carbocycles. The van der Waals surface area contributed by atoms with E-state index < -0.39 is 16.6 Å². The van der Waals surface area contributed by atoms with Crippen molar-refractivity contribution < 1.29 is 13.3 Å². The Morgan fingerprint density at radius 2 is 2.18 bits per heavy atom. The molecule has 0 radical (unpaired) electrons. The largest absolute Gasteiger partial charge is 0.376 e. The fourth-order valence-corrected chi connectivity index (χ4v) is 6.60. The molecule has 1 N–H and O–H groups in total. The van der Waals surface area contributed by atoms with Crippen LogP contribution in [0.1, 0.15) is 18.4 Å². The molecule has 1 aromatic rings.